The van der Waals surface area contributed by atoms with Crippen molar-refractivity contribution in [2.75, 3.05) is 6.61 Å². The first kappa shape index (κ1) is 18.3. The molecule has 156 valence electrons. The SMILES string of the molecule is CC[C@]12CCC3C(CC(CO)=C4CC(N=O)CC[C@@H]43)C1C1CC1[C@@]21C=CC(=O)O1. The first-order chi connectivity index (χ1) is 14.1. The lowest BCUT2D eigenvalue weighted by Gasteiger charge is -2.58. The lowest BCUT2D eigenvalue weighted by molar-refractivity contribution is -0.171. The molecule has 1 spiro atoms. The van der Waals surface area contributed by atoms with Crippen molar-refractivity contribution in [1.82, 2.24) is 0 Å². The third-order valence-electron chi connectivity index (χ3n) is 10.1. The molecular weight excluding hydrogens is 366 g/mol. The lowest BCUT2D eigenvalue weighted by atomic mass is 9.47. The molecule has 5 aliphatic carbocycles. The zero-order valence-electron chi connectivity index (χ0n) is 17.2. The Morgan fingerprint density at radius 3 is 2.76 bits per heavy atom. The smallest absolute Gasteiger partial charge is 0.331 e. The van der Waals surface area contributed by atoms with Crippen LogP contribution in [-0.2, 0) is 9.53 Å². The van der Waals surface area contributed by atoms with Gasteiger partial charge in [-0.3, -0.25) is 0 Å². The largest absolute Gasteiger partial charge is 0.451 e. The highest BCUT2D eigenvalue weighted by Crippen LogP contribution is 2.78. The van der Waals surface area contributed by atoms with E-state index in [2.05, 4.69) is 18.2 Å². The molecule has 29 heavy (non-hydrogen) atoms. The van der Waals surface area contributed by atoms with Gasteiger partial charge in [-0.05, 0) is 92.6 Å². The van der Waals surface area contributed by atoms with Crippen molar-refractivity contribution < 1.29 is 14.6 Å². The molecular formula is C24H31NO4. The van der Waals surface area contributed by atoms with Gasteiger partial charge in [0.25, 0.3) is 0 Å². The van der Waals surface area contributed by atoms with E-state index < -0.39 is 0 Å². The number of carbonyl (C=O) groups excluding carboxylic acids is 1. The number of ether oxygens (including phenoxy) is 1. The predicted octanol–water partition coefficient (Wildman–Crippen LogP) is 4.15. The van der Waals surface area contributed by atoms with Crippen molar-refractivity contribution in [3.63, 3.8) is 0 Å². The topological polar surface area (TPSA) is 76.0 Å². The highest BCUT2D eigenvalue weighted by atomic mass is 16.6. The van der Waals surface area contributed by atoms with Gasteiger partial charge >= 0.3 is 5.97 Å². The Morgan fingerprint density at radius 2 is 2.07 bits per heavy atom. The van der Waals surface area contributed by atoms with Gasteiger partial charge in [-0.2, -0.15) is 4.91 Å². The van der Waals surface area contributed by atoms with Crippen molar-refractivity contribution in [3.8, 4) is 0 Å². The number of nitroso groups, excluding NO2 is 1. The Morgan fingerprint density at radius 1 is 1.21 bits per heavy atom. The number of fused-ring (bicyclic) bond motifs is 9. The van der Waals surface area contributed by atoms with Crippen molar-refractivity contribution >= 4 is 5.97 Å². The monoisotopic (exact) mass is 397 g/mol. The molecule has 0 radical (unpaired) electrons. The molecule has 6 unspecified atom stereocenters. The third-order valence-corrected chi connectivity index (χ3v) is 10.1. The minimum absolute atomic E-state index is 0.0596. The van der Waals surface area contributed by atoms with E-state index in [0.29, 0.717) is 35.5 Å². The molecule has 1 heterocycles. The summed E-state index contributed by atoms with van der Waals surface area (Å²) >= 11 is 0. The third kappa shape index (κ3) is 2.13. The van der Waals surface area contributed by atoms with Crippen LogP contribution in [0.2, 0.25) is 0 Å². The molecule has 5 heteroatoms. The zero-order chi connectivity index (χ0) is 20.0. The Labute approximate surface area is 171 Å². The number of hydrogen-bond acceptors (Lipinski definition) is 5. The van der Waals surface area contributed by atoms with E-state index in [1.165, 1.54) is 24.0 Å². The molecule has 4 saturated carbocycles. The van der Waals surface area contributed by atoms with Crippen LogP contribution < -0.4 is 0 Å². The first-order valence-corrected chi connectivity index (χ1v) is 11.6. The zero-order valence-corrected chi connectivity index (χ0v) is 17.2. The van der Waals surface area contributed by atoms with Crippen LogP contribution in [0.15, 0.2) is 28.5 Å². The number of esters is 1. The minimum Gasteiger partial charge on any atom is -0.451 e. The summed E-state index contributed by atoms with van der Waals surface area (Å²) in [6.45, 7) is 2.40. The van der Waals surface area contributed by atoms with Gasteiger partial charge in [0.1, 0.15) is 5.60 Å². The van der Waals surface area contributed by atoms with Gasteiger partial charge in [0.2, 0.25) is 0 Å². The number of carbonyl (C=O) groups is 1. The van der Waals surface area contributed by atoms with Gasteiger partial charge < -0.3 is 9.84 Å². The summed E-state index contributed by atoms with van der Waals surface area (Å²) in [7, 11) is 0. The summed E-state index contributed by atoms with van der Waals surface area (Å²) in [4.78, 5) is 23.3. The van der Waals surface area contributed by atoms with Crippen LogP contribution in [0.3, 0.4) is 0 Å². The van der Waals surface area contributed by atoms with Crippen molar-refractivity contribution in [2.45, 2.75) is 69.9 Å². The van der Waals surface area contributed by atoms with E-state index in [9.17, 15) is 14.8 Å². The molecule has 0 amide bonds. The van der Waals surface area contributed by atoms with E-state index >= 15 is 0 Å². The van der Waals surface area contributed by atoms with Gasteiger partial charge in [-0.1, -0.05) is 17.7 Å². The summed E-state index contributed by atoms with van der Waals surface area (Å²) in [6.07, 6.45) is 12.0. The standard InChI is InChI=1S/C24H31NO4/c1-2-23-7-5-16-15-4-3-14(25-28)10-17(15)13(12-26)9-18(16)22(23)19-11-20(19)24(23)8-6-21(27)29-24/h6,8,14-16,18-20,22,26H,2-5,7,9-12H2,1H3/t14?,15-,16?,18?,19?,20?,22?,23+,24+/m1/s1. The molecule has 0 aromatic carbocycles. The Balaban J connectivity index is 1.41. The maximum Gasteiger partial charge on any atom is 0.331 e. The predicted molar refractivity (Wildman–Crippen MR) is 108 cm³/mol. The summed E-state index contributed by atoms with van der Waals surface area (Å²) < 4.78 is 6.14. The van der Waals surface area contributed by atoms with Gasteiger partial charge in [-0.25, -0.2) is 4.79 Å². The molecule has 4 fully saturated rings. The van der Waals surface area contributed by atoms with Gasteiger partial charge in [0, 0.05) is 17.4 Å². The summed E-state index contributed by atoms with van der Waals surface area (Å²) in [6, 6.07) is -0.108. The molecule has 6 aliphatic rings. The van der Waals surface area contributed by atoms with Crippen LogP contribution in [-0.4, -0.2) is 29.3 Å². The fourth-order valence-corrected chi connectivity index (χ4v) is 9.10. The van der Waals surface area contributed by atoms with Gasteiger partial charge in [0.05, 0.1) is 12.6 Å². The van der Waals surface area contributed by atoms with E-state index in [1.54, 1.807) is 6.08 Å². The highest BCUT2D eigenvalue weighted by molar-refractivity contribution is 5.85. The summed E-state index contributed by atoms with van der Waals surface area (Å²) in [5.41, 5.74) is 2.24. The highest BCUT2D eigenvalue weighted by Gasteiger charge is 2.78. The number of nitrogens with zero attached hydrogens (tertiary/aromatic N) is 1. The van der Waals surface area contributed by atoms with Crippen molar-refractivity contribution in [1.29, 1.82) is 0 Å². The first-order valence-electron chi connectivity index (χ1n) is 11.6. The number of aliphatic hydroxyl groups excluding tert-OH is 1. The van der Waals surface area contributed by atoms with E-state index in [0.717, 1.165) is 38.5 Å². The maximum atomic E-state index is 12.1. The van der Waals surface area contributed by atoms with Crippen LogP contribution >= 0.6 is 0 Å². The fraction of sp³-hybridized carbons (Fsp3) is 0.792. The van der Waals surface area contributed by atoms with Crippen LogP contribution in [0, 0.1) is 45.8 Å². The number of aliphatic hydroxyl groups is 1. The van der Waals surface area contributed by atoms with Crippen LogP contribution in [0.25, 0.3) is 0 Å². The Bertz CT molecular complexity index is 833. The van der Waals surface area contributed by atoms with Crippen molar-refractivity contribution in [2.24, 2.45) is 46.1 Å². The molecule has 1 N–H and O–H groups in total. The molecule has 0 aromatic heterocycles. The summed E-state index contributed by atoms with van der Waals surface area (Å²) in [5, 5.41) is 13.6. The molecule has 0 aromatic rings. The molecule has 6 rings (SSSR count). The Hall–Kier alpha value is -1.49. The fourth-order valence-electron chi connectivity index (χ4n) is 9.10. The second-order valence-electron chi connectivity index (χ2n) is 10.6. The number of rotatable bonds is 3. The van der Waals surface area contributed by atoms with E-state index in [-0.39, 0.29) is 29.6 Å². The van der Waals surface area contributed by atoms with Crippen LogP contribution in [0.5, 0.6) is 0 Å². The maximum absolute atomic E-state index is 12.1. The van der Waals surface area contributed by atoms with Gasteiger partial charge in [-0.15, -0.1) is 0 Å². The average Bonchev–Trinajstić information content (AvgIpc) is 3.39. The second kappa shape index (κ2) is 6.03. The Kier molecular flexibility index (Phi) is 3.80. The molecule has 0 bridgehead atoms. The normalized spacial score (nSPS) is 51.9. The van der Waals surface area contributed by atoms with E-state index in [4.69, 9.17) is 4.74 Å². The van der Waals surface area contributed by atoms with Crippen LogP contribution in [0.4, 0.5) is 0 Å². The van der Waals surface area contributed by atoms with Crippen LogP contribution in [0.1, 0.15) is 58.3 Å². The van der Waals surface area contributed by atoms with E-state index in [1.807, 2.05) is 0 Å². The average molecular weight is 398 g/mol. The molecule has 9 atom stereocenters. The molecule has 1 aliphatic heterocycles. The molecule has 5 nitrogen and oxygen atoms in total. The summed E-state index contributed by atoms with van der Waals surface area (Å²) in [5.74, 6) is 3.31. The molecule has 0 saturated heterocycles. The minimum atomic E-state index is -0.373. The quantitative estimate of drug-likeness (QED) is 0.441. The van der Waals surface area contributed by atoms with Crippen molar-refractivity contribution in [3.05, 3.63) is 28.2 Å². The second-order valence-corrected chi connectivity index (χ2v) is 10.6. The number of hydrogen-bond donors (Lipinski definition) is 1. The van der Waals surface area contributed by atoms with Gasteiger partial charge in [0.15, 0.2) is 0 Å². The lowest BCUT2D eigenvalue weighted by Crippen LogP contribution is -2.56.